The standard InChI is InChI=1S/C11H10F2N2O/c1-14-11(16)7-6-15-5-3-2-4-8(15)9(7)10(12)13/h2-6,10H,1H3,(H,14,16). The lowest BCUT2D eigenvalue weighted by molar-refractivity contribution is 0.0951. The maximum atomic E-state index is 12.9. The van der Waals surface area contributed by atoms with Crippen LogP contribution >= 0.6 is 0 Å². The molecule has 2 aromatic rings. The molecule has 0 unspecified atom stereocenters. The average Bonchev–Trinajstić information content (AvgIpc) is 2.67. The highest BCUT2D eigenvalue weighted by Crippen LogP contribution is 2.28. The van der Waals surface area contributed by atoms with E-state index in [2.05, 4.69) is 5.32 Å². The molecular formula is C11H10F2N2O. The summed E-state index contributed by atoms with van der Waals surface area (Å²) in [5, 5.41) is 2.35. The maximum absolute atomic E-state index is 12.9. The molecule has 0 aromatic carbocycles. The minimum Gasteiger partial charge on any atom is -0.355 e. The monoisotopic (exact) mass is 224 g/mol. The van der Waals surface area contributed by atoms with Crippen LogP contribution in [0.1, 0.15) is 22.3 Å². The Morgan fingerprint density at radius 2 is 2.19 bits per heavy atom. The second kappa shape index (κ2) is 3.92. The molecule has 3 nitrogen and oxygen atoms in total. The molecule has 0 saturated heterocycles. The van der Waals surface area contributed by atoms with E-state index in [-0.39, 0.29) is 11.1 Å². The molecular weight excluding hydrogens is 214 g/mol. The van der Waals surface area contributed by atoms with E-state index in [1.54, 1.807) is 24.4 Å². The summed E-state index contributed by atoms with van der Waals surface area (Å²) >= 11 is 0. The molecule has 1 amide bonds. The van der Waals surface area contributed by atoms with Crippen LogP contribution in [-0.4, -0.2) is 17.4 Å². The molecule has 0 fully saturated rings. The van der Waals surface area contributed by atoms with Gasteiger partial charge in [-0.15, -0.1) is 0 Å². The third-order valence-electron chi connectivity index (χ3n) is 2.41. The third-order valence-corrected chi connectivity index (χ3v) is 2.41. The predicted molar refractivity (Wildman–Crippen MR) is 55.7 cm³/mol. The quantitative estimate of drug-likeness (QED) is 0.833. The topological polar surface area (TPSA) is 33.5 Å². The van der Waals surface area contributed by atoms with E-state index in [1.807, 2.05) is 0 Å². The number of aromatic nitrogens is 1. The van der Waals surface area contributed by atoms with Crippen molar-refractivity contribution >= 4 is 11.4 Å². The summed E-state index contributed by atoms with van der Waals surface area (Å²) in [6.07, 6.45) is 0.378. The fraction of sp³-hybridized carbons (Fsp3) is 0.182. The minimum absolute atomic E-state index is 0.0173. The van der Waals surface area contributed by atoms with E-state index >= 15 is 0 Å². The van der Waals surface area contributed by atoms with Crippen LogP contribution in [0.25, 0.3) is 5.52 Å². The molecule has 0 spiro atoms. The van der Waals surface area contributed by atoms with Crippen LogP contribution in [0.4, 0.5) is 8.78 Å². The number of nitrogens with one attached hydrogen (secondary N) is 1. The maximum Gasteiger partial charge on any atom is 0.266 e. The Morgan fingerprint density at radius 1 is 1.44 bits per heavy atom. The number of amides is 1. The van der Waals surface area contributed by atoms with Crippen LogP contribution in [0.3, 0.4) is 0 Å². The van der Waals surface area contributed by atoms with Crippen molar-refractivity contribution in [1.82, 2.24) is 9.72 Å². The summed E-state index contributed by atoms with van der Waals surface area (Å²) in [5.41, 5.74) is 0.153. The molecule has 16 heavy (non-hydrogen) atoms. The van der Waals surface area contributed by atoms with Crippen molar-refractivity contribution in [2.45, 2.75) is 6.43 Å². The van der Waals surface area contributed by atoms with Gasteiger partial charge in [0.05, 0.1) is 16.6 Å². The van der Waals surface area contributed by atoms with Crippen molar-refractivity contribution in [1.29, 1.82) is 0 Å². The van der Waals surface area contributed by atoms with Crippen LogP contribution in [-0.2, 0) is 0 Å². The highest BCUT2D eigenvalue weighted by Gasteiger charge is 2.22. The molecule has 0 aliphatic heterocycles. The summed E-state index contributed by atoms with van der Waals surface area (Å²) in [4.78, 5) is 11.5. The normalized spacial score (nSPS) is 11.0. The minimum atomic E-state index is -2.67. The van der Waals surface area contributed by atoms with Gasteiger partial charge in [0.25, 0.3) is 12.3 Å². The molecule has 0 aliphatic carbocycles. The van der Waals surface area contributed by atoms with Crippen molar-refractivity contribution in [2.24, 2.45) is 0 Å². The number of carbonyl (C=O) groups excluding carboxylic acids is 1. The largest absolute Gasteiger partial charge is 0.355 e. The Bertz CT molecular complexity index is 534. The first-order valence-corrected chi connectivity index (χ1v) is 4.75. The Morgan fingerprint density at radius 3 is 2.81 bits per heavy atom. The molecule has 1 N–H and O–H groups in total. The van der Waals surface area contributed by atoms with Crippen LogP contribution in [0.15, 0.2) is 30.6 Å². The highest BCUT2D eigenvalue weighted by atomic mass is 19.3. The number of fused-ring (bicyclic) bond motifs is 1. The zero-order valence-electron chi connectivity index (χ0n) is 8.58. The van der Waals surface area contributed by atoms with Crippen LogP contribution in [0.2, 0.25) is 0 Å². The van der Waals surface area contributed by atoms with E-state index in [4.69, 9.17) is 0 Å². The van der Waals surface area contributed by atoms with Crippen molar-refractivity contribution in [3.8, 4) is 0 Å². The van der Waals surface area contributed by atoms with Gasteiger partial charge in [0.1, 0.15) is 0 Å². The molecule has 5 heteroatoms. The lowest BCUT2D eigenvalue weighted by Gasteiger charge is -2.01. The van der Waals surface area contributed by atoms with Crippen LogP contribution in [0, 0.1) is 0 Å². The number of hydrogen-bond donors (Lipinski definition) is 1. The number of pyridine rings is 1. The third kappa shape index (κ3) is 1.54. The zero-order valence-corrected chi connectivity index (χ0v) is 8.58. The number of carbonyl (C=O) groups is 1. The van der Waals surface area contributed by atoms with Crippen LogP contribution < -0.4 is 5.32 Å². The second-order valence-electron chi connectivity index (χ2n) is 3.33. The van der Waals surface area contributed by atoms with Gasteiger partial charge < -0.3 is 9.72 Å². The lowest BCUT2D eigenvalue weighted by atomic mass is 10.1. The van der Waals surface area contributed by atoms with Gasteiger partial charge in [-0.3, -0.25) is 4.79 Å². The Kier molecular flexibility index (Phi) is 2.60. The predicted octanol–water partition coefficient (Wildman–Crippen LogP) is 2.24. The first-order chi connectivity index (χ1) is 7.65. The Labute approximate surface area is 90.7 Å². The van der Waals surface area contributed by atoms with Gasteiger partial charge in [0.15, 0.2) is 0 Å². The number of hydrogen-bond acceptors (Lipinski definition) is 1. The Balaban J connectivity index is 2.73. The van der Waals surface area contributed by atoms with E-state index < -0.39 is 12.3 Å². The van der Waals surface area contributed by atoms with E-state index in [9.17, 15) is 13.6 Å². The number of nitrogens with zero attached hydrogens (tertiary/aromatic N) is 1. The average molecular weight is 224 g/mol. The number of halogens is 2. The molecule has 84 valence electrons. The van der Waals surface area contributed by atoms with Gasteiger partial charge in [-0.2, -0.15) is 0 Å². The molecule has 0 bridgehead atoms. The first kappa shape index (κ1) is 10.6. The molecule has 2 rings (SSSR count). The number of alkyl halides is 2. The van der Waals surface area contributed by atoms with E-state index in [0.29, 0.717) is 5.52 Å². The lowest BCUT2D eigenvalue weighted by Crippen LogP contribution is -2.18. The SMILES string of the molecule is CNC(=O)c1cn2ccccc2c1C(F)F. The van der Waals surface area contributed by atoms with E-state index in [1.165, 1.54) is 17.6 Å². The summed E-state index contributed by atoms with van der Waals surface area (Å²) in [6, 6.07) is 4.94. The molecule has 2 aromatic heterocycles. The zero-order chi connectivity index (χ0) is 11.7. The van der Waals surface area contributed by atoms with Gasteiger partial charge in [-0.05, 0) is 12.1 Å². The van der Waals surface area contributed by atoms with Crippen LogP contribution in [0.5, 0.6) is 0 Å². The fourth-order valence-electron chi connectivity index (χ4n) is 1.69. The summed E-state index contributed by atoms with van der Waals surface area (Å²) in [6.45, 7) is 0. The van der Waals surface area contributed by atoms with Crippen molar-refractivity contribution < 1.29 is 13.6 Å². The molecule has 0 radical (unpaired) electrons. The van der Waals surface area contributed by atoms with Gasteiger partial charge in [-0.25, -0.2) is 8.78 Å². The van der Waals surface area contributed by atoms with Gasteiger partial charge >= 0.3 is 0 Å². The molecule has 0 atom stereocenters. The fourth-order valence-corrected chi connectivity index (χ4v) is 1.69. The smallest absolute Gasteiger partial charge is 0.266 e. The van der Waals surface area contributed by atoms with E-state index in [0.717, 1.165) is 0 Å². The van der Waals surface area contributed by atoms with Crippen molar-refractivity contribution in [3.63, 3.8) is 0 Å². The van der Waals surface area contributed by atoms with Crippen molar-refractivity contribution in [2.75, 3.05) is 7.05 Å². The van der Waals surface area contributed by atoms with Crippen molar-refractivity contribution in [3.05, 3.63) is 41.7 Å². The van der Waals surface area contributed by atoms with Gasteiger partial charge in [-0.1, -0.05) is 6.07 Å². The molecule has 0 saturated carbocycles. The second-order valence-corrected chi connectivity index (χ2v) is 3.33. The molecule has 2 heterocycles. The highest BCUT2D eigenvalue weighted by molar-refractivity contribution is 5.97. The number of rotatable bonds is 2. The van der Waals surface area contributed by atoms with Gasteiger partial charge in [0, 0.05) is 19.4 Å². The summed E-state index contributed by atoms with van der Waals surface area (Å²) in [7, 11) is 1.42. The van der Waals surface area contributed by atoms with Gasteiger partial charge in [0.2, 0.25) is 0 Å². The first-order valence-electron chi connectivity index (χ1n) is 4.75. The summed E-state index contributed by atoms with van der Waals surface area (Å²) < 4.78 is 27.3. The Hall–Kier alpha value is -1.91. The summed E-state index contributed by atoms with van der Waals surface area (Å²) in [5.74, 6) is -0.501. The molecule has 0 aliphatic rings.